The highest BCUT2D eigenvalue weighted by Gasteiger charge is 2.25. The van der Waals surface area contributed by atoms with Crippen LogP contribution in [0.4, 0.5) is 5.69 Å². The second-order valence-corrected chi connectivity index (χ2v) is 5.63. The Kier molecular flexibility index (Phi) is 4.55. The summed E-state index contributed by atoms with van der Waals surface area (Å²) in [7, 11) is 1.52. The molecule has 1 atom stereocenters. The maximum atomic E-state index is 12.1. The topological polar surface area (TPSA) is 107 Å². The first kappa shape index (κ1) is 16.7. The van der Waals surface area contributed by atoms with Crippen LogP contribution >= 0.6 is 0 Å². The zero-order valence-corrected chi connectivity index (χ0v) is 13.8. The quantitative estimate of drug-likeness (QED) is 0.793. The van der Waals surface area contributed by atoms with Crippen LogP contribution in [0.25, 0.3) is 0 Å². The van der Waals surface area contributed by atoms with Crippen molar-refractivity contribution >= 4 is 29.2 Å². The molecule has 0 aromatic heterocycles. The fourth-order valence-electron chi connectivity index (χ4n) is 2.37. The van der Waals surface area contributed by atoms with Crippen molar-refractivity contribution in [3.8, 4) is 11.5 Å². The first-order valence-corrected chi connectivity index (χ1v) is 7.65. The lowest BCUT2D eigenvalue weighted by Crippen LogP contribution is -2.30. The van der Waals surface area contributed by atoms with Gasteiger partial charge in [0.25, 0.3) is 5.91 Å². The molecule has 0 spiro atoms. The standard InChI is InChI=1S/C16H17N3O6/c1-9(25-15(21)7-11-6-14(20)19(2)18-11)16(22)17-10-3-4-12-13(5-10)24-8-23-12/h3-5,9H,6-8H2,1-2H3,(H,17,22)/t9-/m1/s1. The SMILES string of the molecule is C[C@@H](OC(=O)CC1=NN(C)C(=O)C1)C(=O)Nc1ccc2c(c1)OCO2. The predicted molar refractivity (Wildman–Crippen MR) is 86.2 cm³/mol. The lowest BCUT2D eigenvalue weighted by Gasteiger charge is -2.13. The van der Waals surface area contributed by atoms with Crippen molar-refractivity contribution in [1.82, 2.24) is 5.01 Å². The van der Waals surface area contributed by atoms with Crippen LogP contribution in [0.3, 0.4) is 0 Å². The van der Waals surface area contributed by atoms with Crippen molar-refractivity contribution in [3.63, 3.8) is 0 Å². The molecule has 0 aliphatic carbocycles. The zero-order chi connectivity index (χ0) is 18.0. The Hall–Kier alpha value is -3.10. The van der Waals surface area contributed by atoms with Crippen LogP contribution in [0.5, 0.6) is 11.5 Å². The highest BCUT2D eigenvalue weighted by Crippen LogP contribution is 2.34. The molecular weight excluding hydrogens is 330 g/mol. The van der Waals surface area contributed by atoms with Crippen molar-refractivity contribution < 1.29 is 28.6 Å². The summed E-state index contributed by atoms with van der Waals surface area (Å²) in [5.74, 6) is -0.134. The number of carbonyl (C=O) groups is 3. The number of ether oxygens (including phenoxy) is 3. The molecule has 132 valence electrons. The molecule has 0 saturated carbocycles. The van der Waals surface area contributed by atoms with Gasteiger partial charge in [-0.05, 0) is 19.1 Å². The van der Waals surface area contributed by atoms with Gasteiger partial charge in [0.1, 0.15) is 0 Å². The lowest BCUT2D eigenvalue weighted by atomic mass is 10.2. The Bertz CT molecular complexity index is 760. The maximum absolute atomic E-state index is 12.1. The molecule has 2 amide bonds. The molecule has 0 bridgehead atoms. The zero-order valence-electron chi connectivity index (χ0n) is 13.8. The number of fused-ring (bicyclic) bond motifs is 1. The largest absolute Gasteiger partial charge is 0.454 e. The Morgan fingerprint density at radius 1 is 1.36 bits per heavy atom. The third kappa shape index (κ3) is 3.87. The van der Waals surface area contributed by atoms with E-state index < -0.39 is 18.0 Å². The minimum absolute atomic E-state index is 0.0867. The van der Waals surface area contributed by atoms with Gasteiger partial charge in [0.05, 0.1) is 18.6 Å². The van der Waals surface area contributed by atoms with Crippen LogP contribution in [-0.2, 0) is 19.1 Å². The van der Waals surface area contributed by atoms with Gasteiger partial charge in [0.15, 0.2) is 17.6 Å². The number of amides is 2. The Balaban J connectivity index is 1.51. The van der Waals surface area contributed by atoms with E-state index in [1.807, 2.05) is 0 Å². The predicted octanol–water partition coefficient (Wildman–Crippen LogP) is 0.894. The minimum atomic E-state index is -0.992. The minimum Gasteiger partial charge on any atom is -0.454 e. The van der Waals surface area contributed by atoms with Gasteiger partial charge in [-0.25, -0.2) is 5.01 Å². The third-order valence-corrected chi connectivity index (χ3v) is 3.67. The number of nitrogens with zero attached hydrogens (tertiary/aromatic N) is 2. The van der Waals surface area contributed by atoms with Crippen LogP contribution in [0, 0.1) is 0 Å². The van der Waals surface area contributed by atoms with Crippen molar-refractivity contribution in [2.45, 2.75) is 25.9 Å². The Labute approximate surface area is 143 Å². The first-order chi connectivity index (χ1) is 11.9. The highest BCUT2D eigenvalue weighted by atomic mass is 16.7. The van der Waals surface area contributed by atoms with Crippen LogP contribution in [0.2, 0.25) is 0 Å². The molecule has 25 heavy (non-hydrogen) atoms. The number of rotatable bonds is 5. The molecule has 1 aromatic rings. The summed E-state index contributed by atoms with van der Waals surface area (Å²) in [5, 5.41) is 7.76. The van der Waals surface area contributed by atoms with Gasteiger partial charge in [0, 0.05) is 18.8 Å². The number of anilines is 1. The van der Waals surface area contributed by atoms with Crippen molar-refractivity contribution in [2.75, 3.05) is 19.2 Å². The second-order valence-electron chi connectivity index (χ2n) is 5.63. The van der Waals surface area contributed by atoms with Crippen molar-refractivity contribution in [2.24, 2.45) is 5.10 Å². The number of nitrogens with one attached hydrogen (secondary N) is 1. The molecule has 9 nitrogen and oxygen atoms in total. The van der Waals surface area contributed by atoms with Crippen molar-refractivity contribution in [1.29, 1.82) is 0 Å². The number of esters is 1. The third-order valence-electron chi connectivity index (χ3n) is 3.67. The summed E-state index contributed by atoms with van der Waals surface area (Å²) in [4.78, 5) is 35.4. The molecule has 0 unspecified atom stereocenters. The van der Waals surface area contributed by atoms with E-state index in [-0.39, 0.29) is 25.5 Å². The average molecular weight is 347 g/mol. The van der Waals surface area contributed by atoms with E-state index in [9.17, 15) is 14.4 Å². The van der Waals surface area contributed by atoms with E-state index in [0.29, 0.717) is 22.9 Å². The number of hydrogen-bond acceptors (Lipinski definition) is 7. The Morgan fingerprint density at radius 2 is 2.12 bits per heavy atom. The maximum Gasteiger partial charge on any atom is 0.312 e. The molecule has 2 aliphatic heterocycles. The van der Waals surface area contributed by atoms with E-state index in [2.05, 4.69) is 10.4 Å². The van der Waals surface area contributed by atoms with Crippen molar-refractivity contribution in [3.05, 3.63) is 18.2 Å². The summed E-state index contributed by atoms with van der Waals surface area (Å²) in [5.41, 5.74) is 0.922. The molecule has 3 rings (SSSR count). The molecule has 0 radical (unpaired) electrons. The van der Waals surface area contributed by atoms with Gasteiger partial charge >= 0.3 is 5.97 Å². The molecule has 9 heteroatoms. The van der Waals surface area contributed by atoms with E-state index in [1.165, 1.54) is 19.0 Å². The summed E-state index contributed by atoms with van der Waals surface area (Å²) in [6.45, 7) is 1.61. The van der Waals surface area contributed by atoms with Gasteiger partial charge < -0.3 is 19.5 Å². The fourth-order valence-corrected chi connectivity index (χ4v) is 2.37. The van der Waals surface area contributed by atoms with Crippen LogP contribution in [0.1, 0.15) is 19.8 Å². The summed E-state index contributed by atoms with van der Waals surface area (Å²) < 4.78 is 15.5. The van der Waals surface area contributed by atoms with Gasteiger partial charge in [-0.3, -0.25) is 14.4 Å². The number of hydrogen-bond donors (Lipinski definition) is 1. The van der Waals surface area contributed by atoms with Gasteiger partial charge in [-0.1, -0.05) is 0 Å². The first-order valence-electron chi connectivity index (χ1n) is 7.65. The number of benzene rings is 1. The monoisotopic (exact) mass is 347 g/mol. The molecule has 1 aromatic carbocycles. The molecule has 0 saturated heterocycles. The van der Waals surface area contributed by atoms with Crippen LogP contribution < -0.4 is 14.8 Å². The normalized spacial score (nSPS) is 16.5. The molecular formula is C16H17N3O6. The summed E-state index contributed by atoms with van der Waals surface area (Å²) >= 11 is 0. The van der Waals surface area contributed by atoms with Gasteiger partial charge in [0.2, 0.25) is 12.7 Å². The van der Waals surface area contributed by atoms with Gasteiger partial charge in [-0.15, -0.1) is 0 Å². The second kappa shape index (κ2) is 6.80. The summed E-state index contributed by atoms with van der Waals surface area (Å²) in [6.07, 6.45) is -1.03. The highest BCUT2D eigenvalue weighted by molar-refractivity contribution is 6.11. The number of hydrazone groups is 1. The van der Waals surface area contributed by atoms with E-state index in [1.54, 1.807) is 18.2 Å². The van der Waals surface area contributed by atoms with E-state index >= 15 is 0 Å². The van der Waals surface area contributed by atoms with Gasteiger partial charge in [-0.2, -0.15) is 5.10 Å². The molecule has 2 heterocycles. The molecule has 2 aliphatic rings. The smallest absolute Gasteiger partial charge is 0.312 e. The summed E-state index contributed by atoms with van der Waals surface area (Å²) in [6, 6.07) is 4.97. The molecule has 1 N–H and O–H groups in total. The average Bonchev–Trinajstić information content (AvgIpc) is 3.13. The molecule has 0 fully saturated rings. The number of carbonyl (C=O) groups excluding carboxylic acids is 3. The van der Waals surface area contributed by atoms with E-state index in [4.69, 9.17) is 14.2 Å². The van der Waals surface area contributed by atoms with Crippen LogP contribution in [0.15, 0.2) is 23.3 Å². The van der Waals surface area contributed by atoms with Crippen LogP contribution in [-0.4, -0.2) is 48.4 Å². The lowest BCUT2D eigenvalue weighted by molar-refractivity contribution is -0.151. The fraction of sp³-hybridized carbons (Fsp3) is 0.375. The Morgan fingerprint density at radius 3 is 2.84 bits per heavy atom. The van der Waals surface area contributed by atoms with E-state index in [0.717, 1.165) is 0 Å².